The number of benzene rings is 2. The highest BCUT2D eigenvalue weighted by atomic mass is 35.5. The lowest BCUT2D eigenvalue weighted by molar-refractivity contribution is 0.0929. The van der Waals surface area contributed by atoms with E-state index in [1.807, 2.05) is 55.5 Å². The summed E-state index contributed by atoms with van der Waals surface area (Å²) in [6.07, 6.45) is 3.08. The van der Waals surface area contributed by atoms with E-state index < -0.39 is 18.0 Å². The molecular formula is C30H27Cl2N5O4. The van der Waals surface area contributed by atoms with Gasteiger partial charge in [-0.15, -0.1) is 0 Å². The van der Waals surface area contributed by atoms with Gasteiger partial charge in [0.1, 0.15) is 5.75 Å². The summed E-state index contributed by atoms with van der Waals surface area (Å²) in [5.74, 6) is 0.297. The van der Waals surface area contributed by atoms with Gasteiger partial charge < -0.3 is 14.8 Å². The molecule has 41 heavy (non-hydrogen) atoms. The first-order chi connectivity index (χ1) is 19.8. The number of nitrogens with one attached hydrogen (secondary N) is 1. The standard InChI is InChI=1S/C30H27Cl2N5O4/c1-18(25-6-4-5-13-33-25)34-29(38)27-23-17-36(30(39)41-3)16-20(14-19-7-10-22(40-2)11-8-19)28(23)37(35-27)26-12-9-21(31)15-24(26)32/h4-15,18H,16-17H2,1-3H3,(H,34,38)/b20-14+/t18-/m1/s1. The molecule has 2 aromatic heterocycles. The van der Waals surface area contributed by atoms with Gasteiger partial charge in [-0.25, -0.2) is 9.48 Å². The predicted octanol–water partition coefficient (Wildman–Crippen LogP) is 6.20. The number of hydrogen-bond acceptors (Lipinski definition) is 6. The van der Waals surface area contributed by atoms with Crippen LogP contribution in [0.25, 0.3) is 17.3 Å². The van der Waals surface area contributed by atoms with Crippen molar-refractivity contribution in [1.29, 1.82) is 0 Å². The van der Waals surface area contributed by atoms with Gasteiger partial charge in [0.15, 0.2) is 5.69 Å². The van der Waals surface area contributed by atoms with Crippen molar-refractivity contribution in [2.24, 2.45) is 0 Å². The van der Waals surface area contributed by atoms with Gasteiger partial charge in [0.25, 0.3) is 5.91 Å². The average Bonchev–Trinajstić information content (AvgIpc) is 3.37. The van der Waals surface area contributed by atoms with Crippen LogP contribution in [-0.2, 0) is 11.3 Å². The SMILES string of the molecule is COC(=O)N1C/C(=C\c2ccc(OC)cc2)c2c(c(C(=O)N[C@H](C)c3ccccn3)nn2-c2ccc(Cl)cc2Cl)C1. The third-order valence-electron chi connectivity index (χ3n) is 6.72. The number of pyridine rings is 1. The Kier molecular flexibility index (Phi) is 8.28. The van der Waals surface area contributed by atoms with Gasteiger partial charge in [-0.05, 0) is 66.6 Å². The average molecular weight is 592 g/mol. The van der Waals surface area contributed by atoms with Crippen LogP contribution in [0.4, 0.5) is 4.79 Å². The van der Waals surface area contributed by atoms with Gasteiger partial charge in [0.05, 0.1) is 55.4 Å². The molecule has 0 unspecified atom stereocenters. The summed E-state index contributed by atoms with van der Waals surface area (Å²) in [5, 5.41) is 8.56. The molecule has 0 saturated heterocycles. The fourth-order valence-electron chi connectivity index (χ4n) is 4.71. The van der Waals surface area contributed by atoms with Crippen LogP contribution in [-0.4, -0.2) is 52.4 Å². The second-order valence-electron chi connectivity index (χ2n) is 9.40. The lowest BCUT2D eigenvalue weighted by Gasteiger charge is -2.29. The molecule has 210 valence electrons. The van der Waals surface area contributed by atoms with Gasteiger partial charge in [-0.3, -0.25) is 14.7 Å². The Morgan fingerprint density at radius 1 is 1.05 bits per heavy atom. The number of aromatic nitrogens is 3. The normalized spacial score (nSPS) is 14.4. The van der Waals surface area contributed by atoms with Crippen LogP contribution in [0.5, 0.6) is 5.75 Å². The van der Waals surface area contributed by atoms with Gasteiger partial charge in [-0.1, -0.05) is 41.4 Å². The molecular weight excluding hydrogens is 565 g/mol. The summed E-state index contributed by atoms with van der Waals surface area (Å²) in [5.41, 5.74) is 4.20. The van der Waals surface area contributed by atoms with Crippen LogP contribution in [0, 0.1) is 0 Å². The fourth-order valence-corrected chi connectivity index (χ4v) is 5.20. The Morgan fingerprint density at radius 2 is 1.83 bits per heavy atom. The maximum atomic E-state index is 13.7. The smallest absolute Gasteiger partial charge is 0.410 e. The fraction of sp³-hybridized carbons (Fsp3) is 0.200. The molecule has 3 heterocycles. The molecule has 4 aromatic rings. The number of halogens is 2. The van der Waals surface area contributed by atoms with E-state index in [4.69, 9.17) is 37.8 Å². The number of nitrogens with zero attached hydrogens (tertiary/aromatic N) is 4. The number of rotatable bonds is 6. The summed E-state index contributed by atoms with van der Waals surface area (Å²) >= 11 is 12.8. The van der Waals surface area contributed by atoms with Crippen molar-refractivity contribution < 1.29 is 19.1 Å². The van der Waals surface area contributed by atoms with Gasteiger partial charge >= 0.3 is 6.09 Å². The molecule has 1 N–H and O–H groups in total. The maximum absolute atomic E-state index is 13.7. The first-order valence-electron chi connectivity index (χ1n) is 12.8. The van der Waals surface area contributed by atoms with E-state index in [2.05, 4.69) is 10.3 Å². The summed E-state index contributed by atoms with van der Waals surface area (Å²) in [4.78, 5) is 32.4. The Hall–Kier alpha value is -4.34. The molecule has 2 amide bonds. The zero-order valence-corrected chi connectivity index (χ0v) is 24.1. The molecule has 9 nitrogen and oxygen atoms in total. The van der Waals surface area contributed by atoms with Crippen molar-refractivity contribution in [1.82, 2.24) is 25.0 Å². The minimum atomic E-state index is -0.526. The van der Waals surface area contributed by atoms with Crippen LogP contribution >= 0.6 is 23.2 Å². The second-order valence-corrected chi connectivity index (χ2v) is 10.2. The van der Waals surface area contributed by atoms with E-state index in [1.54, 1.807) is 36.2 Å². The van der Waals surface area contributed by atoms with Crippen LogP contribution < -0.4 is 10.1 Å². The Balaban J connectivity index is 1.67. The number of amides is 2. The van der Waals surface area contributed by atoms with Gasteiger partial charge in [0.2, 0.25) is 0 Å². The highest BCUT2D eigenvalue weighted by Gasteiger charge is 2.34. The Morgan fingerprint density at radius 3 is 2.49 bits per heavy atom. The summed E-state index contributed by atoms with van der Waals surface area (Å²) in [7, 11) is 2.93. The van der Waals surface area contributed by atoms with Crippen molar-refractivity contribution in [2.45, 2.75) is 19.5 Å². The third kappa shape index (κ3) is 5.91. The summed E-state index contributed by atoms with van der Waals surface area (Å²) < 4.78 is 12.0. The summed E-state index contributed by atoms with van der Waals surface area (Å²) in [6.45, 7) is 2.16. The van der Waals surface area contributed by atoms with Crippen molar-refractivity contribution in [3.8, 4) is 11.4 Å². The van der Waals surface area contributed by atoms with E-state index in [1.165, 1.54) is 12.0 Å². The van der Waals surface area contributed by atoms with E-state index in [-0.39, 0.29) is 18.8 Å². The molecule has 0 radical (unpaired) electrons. The molecule has 0 bridgehead atoms. The molecule has 1 aliphatic rings. The predicted molar refractivity (Wildman–Crippen MR) is 157 cm³/mol. The quantitative estimate of drug-likeness (QED) is 0.287. The number of hydrogen-bond donors (Lipinski definition) is 1. The minimum absolute atomic E-state index is 0.105. The molecule has 0 saturated carbocycles. The molecule has 11 heteroatoms. The molecule has 1 aliphatic heterocycles. The van der Waals surface area contributed by atoms with Crippen LogP contribution in [0.2, 0.25) is 10.0 Å². The zero-order valence-electron chi connectivity index (χ0n) is 22.6. The Bertz CT molecular complexity index is 1620. The lowest BCUT2D eigenvalue weighted by Crippen LogP contribution is -2.36. The van der Waals surface area contributed by atoms with Crippen LogP contribution in [0.1, 0.15) is 46.0 Å². The number of carbonyl (C=O) groups excluding carboxylic acids is 2. The van der Waals surface area contributed by atoms with Gasteiger partial charge in [-0.2, -0.15) is 5.10 Å². The highest BCUT2D eigenvalue weighted by molar-refractivity contribution is 6.35. The van der Waals surface area contributed by atoms with Crippen LogP contribution in [0.15, 0.2) is 66.9 Å². The third-order valence-corrected chi connectivity index (χ3v) is 7.26. The van der Waals surface area contributed by atoms with E-state index >= 15 is 0 Å². The topological polar surface area (TPSA) is 98.6 Å². The lowest BCUT2D eigenvalue weighted by atomic mass is 9.97. The van der Waals surface area contributed by atoms with Gasteiger partial charge in [0, 0.05) is 16.8 Å². The summed E-state index contributed by atoms with van der Waals surface area (Å²) in [6, 6.07) is 17.7. The number of ether oxygens (including phenoxy) is 2. The monoisotopic (exact) mass is 591 g/mol. The molecule has 0 spiro atoms. The molecule has 1 atom stereocenters. The maximum Gasteiger partial charge on any atom is 0.410 e. The van der Waals surface area contributed by atoms with Crippen molar-refractivity contribution >= 4 is 46.9 Å². The van der Waals surface area contributed by atoms with E-state index in [9.17, 15) is 9.59 Å². The van der Waals surface area contributed by atoms with Crippen LogP contribution in [0.3, 0.4) is 0 Å². The zero-order chi connectivity index (χ0) is 29.1. The van der Waals surface area contributed by atoms with Crippen molar-refractivity contribution in [2.75, 3.05) is 20.8 Å². The number of methoxy groups -OCH3 is 2. The highest BCUT2D eigenvalue weighted by Crippen LogP contribution is 2.36. The first-order valence-corrected chi connectivity index (χ1v) is 13.5. The van der Waals surface area contributed by atoms with E-state index in [0.29, 0.717) is 38.4 Å². The van der Waals surface area contributed by atoms with Crippen molar-refractivity contribution in [3.63, 3.8) is 0 Å². The molecule has 2 aromatic carbocycles. The largest absolute Gasteiger partial charge is 0.497 e. The van der Waals surface area contributed by atoms with E-state index in [0.717, 1.165) is 11.1 Å². The molecule has 0 fully saturated rings. The second kappa shape index (κ2) is 12.0. The molecule has 0 aliphatic carbocycles. The minimum Gasteiger partial charge on any atom is -0.497 e. The molecule has 5 rings (SSSR count). The Labute approximate surface area is 247 Å². The first kappa shape index (κ1) is 28.2. The van der Waals surface area contributed by atoms with Crippen molar-refractivity contribution in [3.05, 3.63) is 105 Å². The number of carbonyl (C=O) groups is 2. The number of fused-ring (bicyclic) bond motifs is 1.